The van der Waals surface area contributed by atoms with Crippen LogP contribution in [0.2, 0.25) is 0 Å². The number of sulfonamides is 1. The van der Waals surface area contributed by atoms with Gasteiger partial charge in [0.1, 0.15) is 10.6 Å². The lowest BCUT2D eigenvalue weighted by atomic mass is 9.84. The van der Waals surface area contributed by atoms with Gasteiger partial charge in [-0.25, -0.2) is 13.1 Å². The molecule has 0 radical (unpaired) electrons. The molecule has 116 valence electrons. The van der Waals surface area contributed by atoms with E-state index in [0.29, 0.717) is 17.6 Å². The molecule has 2 saturated carbocycles. The minimum Gasteiger partial charge on any atom is -0.495 e. The average Bonchev–Trinajstić information content (AvgIpc) is 3.09. The van der Waals surface area contributed by atoms with Gasteiger partial charge < -0.3 is 4.74 Å². The summed E-state index contributed by atoms with van der Waals surface area (Å²) in [5, 5.41) is 0. The van der Waals surface area contributed by atoms with E-state index in [1.165, 1.54) is 32.8 Å². The van der Waals surface area contributed by atoms with Crippen molar-refractivity contribution in [3.05, 3.63) is 24.3 Å². The van der Waals surface area contributed by atoms with Crippen molar-refractivity contribution in [3.8, 4) is 5.75 Å². The zero-order chi connectivity index (χ0) is 15.0. The molecule has 3 rings (SSSR count). The Morgan fingerprint density at radius 3 is 2.62 bits per heavy atom. The van der Waals surface area contributed by atoms with Crippen LogP contribution in [0.1, 0.15) is 32.6 Å². The van der Waals surface area contributed by atoms with E-state index >= 15 is 0 Å². The van der Waals surface area contributed by atoms with Crippen LogP contribution in [0.5, 0.6) is 5.75 Å². The van der Waals surface area contributed by atoms with Gasteiger partial charge in [0.05, 0.1) is 7.11 Å². The van der Waals surface area contributed by atoms with Crippen molar-refractivity contribution in [1.82, 2.24) is 4.72 Å². The Labute approximate surface area is 126 Å². The molecule has 1 aromatic rings. The molecule has 5 heteroatoms. The molecular weight excluding hydrogens is 286 g/mol. The highest BCUT2D eigenvalue weighted by Crippen LogP contribution is 2.49. The lowest BCUT2D eigenvalue weighted by Crippen LogP contribution is -2.40. The topological polar surface area (TPSA) is 55.4 Å². The molecule has 2 fully saturated rings. The molecule has 2 aliphatic rings. The van der Waals surface area contributed by atoms with E-state index < -0.39 is 10.0 Å². The van der Waals surface area contributed by atoms with E-state index in [2.05, 4.69) is 4.72 Å². The average molecular weight is 309 g/mol. The maximum Gasteiger partial charge on any atom is 0.244 e. The molecule has 2 aliphatic carbocycles. The van der Waals surface area contributed by atoms with Crippen LogP contribution >= 0.6 is 0 Å². The largest absolute Gasteiger partial charge is 0.495 e. The van der Waals surface area contributed by atoms with Gasteiger partial charge >= 0.3 is 0 Å². The van der Waals surface area contributed by atoms with Crippen molar-refractivity contribution >= 4 is 10.0 Å². The lowest BCUT2D eigenvalue weighted by molar-refractivity contribution is 0.280. The van der Waals surface area contributed by atoms with Gasteiger partial charge in [0.2, 0.25) is 10.0 Å². The van der Waals surface area contributed by atoms with Crippen molar-refractivity contribution in [2.24, 2.45) is 17.8 Å². The van der Waals surface area contributed by atoms with E-state index in [4.69, 9.17) is 4.74 Å². The summed E-state index contributed by atoms with van der Waals surface area (Å²) < 4.78 is 33.2. The third-order valence-electron chi connectivity index (χ3n) is 5.13. The molecule has 0 amide bonds. The van der Waals surface area contributed by atoms with Crippen LogP contribution in [-0.2, 0) is 10.0 Å². The molecule has 0 heterocycles. The van der Waals surface area contributed by atoms with Gasteiger partial charge in [-0.1, -0.05) is 18.6 Å². The number of benzene rings is 1. The number of ether oxygens (including phenoxy) is 1. The van der Waals surface area contributed by atoms with Crippen molar-refractivity contribution in [1.29, 1.82) is 0 Å². The van der Waals surface area contributed by atoms with Crippen LogP contribution in [0.3, 0.4) is 0 Å². The first-order chi connectivity index (χ1) is 10.0. The van der Waals surface area contributed by atoms with Crippen molar-refractivity contribution in [3.63, 3.8) is 0 Å². The molecule has 0 unspecified atom stereocenters. The van der Waals surface area contributed by atoms with E-state index in [1.807, 2.05) is 6.92 Å². The van der Waals surface area contributed by atoms with E-state index in [-0.39, 0.29) is 10.9 Å². The number of fused-ring (bicyclic) bond motifs is 2. The lowest BCUT2D eigenvalue weighted by Gasteiger charge is -2.28. The van der Waals surface area contributed by atoms with Gasteiger partial charge in [-0.3, -0.25) is 0 Å². The fourth-order valence-corrected chi connectivity index (χ4v) is 5.61. The van der Waals surface area contributed by atoms with Crippen LogP contribution < -0.4 is 9.46 Å². The molecule has 0 saturated heterocycles. The van der Waals surface area contributed by atoms with Gasteiger partial charge in [0, 0.05) is 6.04 Å². The quantitative estimate of drug-likeness (QED) is 0.910. The van der Waals surface area contributed by atoms with Gasteiger partial charge in [0.25, 0.3) is 0 Å². The zero-order valence-electron chi connectivity index (χ0n) is 12.6. The standard InChI is InChI=1S/C16H23NO3S/c1-11(14-10-12-7-8-13(14)9-12)17-21(18,19)16-6-4-3-5-15(16)20-2/h3-6,11-14,17H,7-10H2,1-2H3/t11-,12+,13+,14+/m1/s1. The molecule has 0 spiro atoms. The molecule has 0 aromatic heterocycles. The number of rotatable bonds is 5. The number of methoxy groups -OCH3 is 1. The normalized spacial score (nSPS) is 29.5. The number of hydrogen-bond acceptors (Lipinski definition) is 3. The third kappa shape index (κ3) is 2.81. The first kappa shape index (κ1) is 14.9. The number of hydrogen-bond donors (Lipinski definition) is 1. The van der Waals surface area contributed by atoms with Crippen LogP contribution in [0.15, 0.2) is 29.2 Å². The second-order valence-corrected chi connectivity index (χ2v) is 8.08. The molecule has 21 heavy (non-hydrogen) atoms. The van der Waals surface area contributed by atoms with E-state index in [1.54, 1.807) is 24.3 Å². The van der Waals surface area contributed by atoms with Crippen LogP contribution in [0.4, 0.5) is 0 Å². The minimum atomic E-state index is -3.53. The van der Waals surface area contributed by atoms with Crippen molar-refractivity contribution in [2.75, 3.05) is 7.11 Å². The van der Waals surface area contributed by atoms with Gasteiger partial charge in [-0.2, -0.15) is 0 Å². The molecule has 0 aliphatic heterocycles. The maximum absolute atomic E-state index is 12.6. The molecule has 4 nitrogen and oxygen atoms in total. The summed E-state index contributed by atoms with van der Waals surface area (Å²) in [5.41, 5.74) is 0. The van der Waals surface area contributed by atoms with E-state index in [0.717, 1.165) is 5.92 Å². The first-order valence-electron chi connectivity index (χ1n) is 7.66. The predicted octanol–water partition coefficient (Wildman–Crippen LogP) is 2.80. The molecule has 1 N–H and O–H groups in total. The zero-order valence-corrected chi connectivity index (χ0v) is 13.4. The van der Waals surface area contributed by atoms with Gasteiger partial charge in [-0.15, -0.1) is 0 Å². The first-order valence-corrected chi connectivity index (χ1v) is 9.15. The second-order valence-electron chi connectivity index (χ2n) is 6.40. The smallest absolute Gasteiger partial charge is 0.244 e. The summed E-state index contributed by atoms with van der Waals surface area (Å²) in [6.45, 7) is 2.00. The van der Waals surface area contributed by atoms with Crippen molar-refractivity contribution in [2.45, 2.75) is 43.5 Å². The summed E-state index contributed by atoms with van der Waals surface area (Å²) >= 11 is 0. The summed E-state index contributed by atoms with van der Waals surface area (Å²) in [6.07, 6.45) is 5.04. The van der Waals surface area contributed by atoms with E-state index in [9.17, 15) is 8.42 Å². The SMILES string of the molecule is COc1ccccc1S(=O)(=O)N[C@H](C)[C@@H]1C[C@H]2CC[C@H]1C2. The Morgan fingerprint density at radius 1 is 1.24 bits per heavy atom. The monoisotopic (exact) mass is 309 g/mol. The molecule has 1 aromatic carbocycles. The highest BCUT2D eigenvalue weighted by molar-refractivity contribution is 7.89. The predicted molar refractivity (Wildman–Crippen MR) is 81.7 cm³/mol. The summed E-state index contributed by atoms with van der Waals surface area (Å²) in [4.78, 5) is 0.225. The molecule has 2 bridgehead atoms. The Morgan fingerprint density at radius 2 is 2.00 bits per heavy atom. The molecule has 4 atom stereocenters. The third-order valence-corrected chi connectivity index (χ3v) is 6.73. The van der Waals surface area contributed by atoms with Gasteiger partial charge in [0.15, 0.2) is 0 Å². The van der Waals surface area contributed by atoms with Crippen LogP contribution in [0.25, 0.3) is 0 Å². The summed E-state index contributed by atoms with van der Waals surface area (Å²) in [7, 11) is -2.04. The summed E-state index contributed by atoms with van der Waals surface area (Å²) in [5.74, 6) is 2.39. The molecular formula is C16H23NO3S. The maximum atomic E-state index is 12.6. The Hall–Kier alpha value is -1.07. The highest BCUT2D eigenvalue weighted by atomic mass is 32.2. The highest BCUT2D eigenvalue weighted by Gasteiger charge is 2.42. The Balaban J connectivity index is 1.77. The van der Waals surface area contributed by atoms with Crippen LogP contribution in [0, 0.1) is 17.8 Å². The number of para-hydroxylation sites is 1. The summed E-state index contributed by atoms with van der Waals surface area (Å²) in [6, 6.07) is 6.75. The minimum absolute atomic E-state index is 0.0183. The van der Waals surface area contributed by atoms with Crippen LogP contribution in [-0.4, -0.2) is 21.6 Å². The van der Waals surface area contributed by atoms with Crippen molar-refractivity contribution < 1.29 is 13.2 Å². The number of nitrogens with one attached hydrogen (secondary N) is 1. The fraction of sp³-hybridized carbons (Fsp3) is 0.625. The second kappa shape index (κ2) is 5.61. The van der Waals surface area contributed by atoms with Gasteiger partial charge in [-0.05, 0) is 56.1 Å². The Kier molecular flexibility index (Phi) is 3.97. The fourth-order valence-electron chi connectivity index (χ4n) is 4.14. The Bertz CT molecular complexity index is 614.